The number of hydrogen-bond donors (Lipinski definition) is 0. The molecule has 0 radical (unpaired) electrons. The van der Waals surface area contributed by atoms with E-state index in [1.54, 1.807) is 0 Å². The Morgan fingerprint density at radius 3 is 2.28 bits per heavy atom. The van der Waals surface area contributed by atoms with Crippen molar-refractivity contribution in [3.8, 4) is 0 Å². The molecule has 0 atom stereocenters. The summed E-state index contributed by atoms with van der Waals surface area (Å²) in [7, 11) is 0. The van der Waals surface area contributed by atoms with Gasteiger partial charge in [0.05, 0.1) is 0 Å². The van der Waals surface area contributed by atoms with Gasteiger partial charge in [-0.3, -0.25) is 0 Å². The van der Waals surface area contributed by atoms with Gasteiger partial charge in [-0.15, -0.1) is 0 Å². The number of pyridine rings is 1. The van der Waals surface area contributed by atoms with E-state index in [9.17, 15) is 0 Å². The molecule has 0 saturated heterocycles. The maximum Gasteiger partial charge on any atom is 0.173 e. The molecular weight excluding hydrogens is 218 g/mol. The first kappa shape index (κ1) is 11.5. The van der Waals surface area contributed by atoms with Crippen molar-refractivity contribution >= 4 is 0 Å². The summed E-state index contributed by atoms with van der Waals surface area (Å²) >= 11 is 0. The minimum absolute atomic E-state index is 0.811. The van der Waals surface area contributed by atoms with Gasteiger partial charge in [-0.1, -0.05) is 37.3 Å². The Labute approximate surface area is 109 Å². The van der Waals surface area contributed by atoms with Crippen molar-refractivity contribution < 1.29 is 4.57 Å². The fourth-order valence-electron chi connectivity index (χ4n) is 2.82. The maximum absolute atomic E-state index is 2.34. The van der Waals surface area contributed by atoms with Crippen LogP contribution in [0.5, 0.6) is 0 Å². The lowest BCUT2D eigenvalue weighted by atomic mass is 9.73. The lowest BCUT2D eigenvalue weighted by molar-refractivity contribution is -0.688. The Kier molecular flexibility index (Phi) is 3.14. The van der Waals surface area contributed by atoms with Crippen LogP contribution in [0.15, 0.2) is 54.9 Å². The molecule has 2 aromatic rings. The molecule has 92 valence electrons. The van der Waals surface area contributed by atoms with E-state index in [1.165, 1.54) is 24.0 Å². The second-order valence-electron chi connectivity index (χ2n) is 5.56. The molecule has 0 N–H and O–H groups in total. The van der Waals surface area contributed by atoms with Gasteiger partial charge in [0.2, 0.25) is 0 Å². The van der Waals surface area contributed by atoms with Gasteiger partial charge in [-0.25, -0.2) is 4.57 Å². The van der Waals surface area contributed by atoms with Gasteiger partial charge >= 0.3 is 0 Å². The van der Waals surface area contributed by atoms with Crippen molar-refractivity contribution in [2.45, 2.75) is 32.2 Å². The molecule has 1 saturated carbocycles. The Balaban J connectivity index is 1.68. The van der Waals surface area contributed by atoms with Gasteiger partial charge < -0.3 is 0 Å². The summed E-state index contributed by atoms with van der Waals surface area (Å²) in [5.74, 6) is 1.73. The van der Waals surface area contributed by atoms with Crippen LogP contribution in [0.25, 0.3) is 0 Å². The van der Waals surface area contributed by atoms with Crippen molar-refractivity contribution in [1.29, 1.82) is 0 Å². The van der Waals surface area contributed by atoms with Crippen molar-refractivity contribution in [3.05, 3.63) is 66.0 Å². The molecule has 0 amide bonds. The van der Waals surface area contributed by atoms with E-state index in [0.29, 0.717) is 0 Å². The smallest absolute Gasteiger partial charge is 0.173 e. The Morgan fingerprint density at radius 2 is 1.67 bits per heavy atom. The zero-order valence-corrected chi connectivity index (χ0v) is 10.9. The number of rotatable bonds is 3. The fraction of sp³-hybridized carbons (Fsp3) is 0.353. The number of benzene rings is 1. The zero-order valence-electron chi connectivity index (χ0n) is 10.9. The van der Waals surface area contributed by atoms with Crippen molar-refractivity contribution in [1.82, 2.24) is 0 Å². The van der Waals surface area contributed by atoms with Crippen LogP contribution in [0.3, 0.4) is 0 Å². The first-order valence-corrected chi connectivity index (χ1v) is 6.84. The predicted octanol–water partition coefficient (Wildman–Crippen LogP) is 3.54. The maximum atomic E-state index is 2.34. The highest BCUT2D eigenvalue weighted by Crippen LogP contribution is 2.40. The normalized spacial score (nSPS) is 22.5. The second-order valence-corrected chi connectivity index (χ2v) is 5.56. The summed E-state index contributed by atoms with van der Waals surface area (Å²) in [5.41, 5.74) is 2.87. The molecule has 1 heteroatoms. The summed E-state index contributed by atoms with van der Waals surface area (Å²) in [4.78, 5) is 0. The number of aromatic nitrogens is 1. The highest BCUT2D eigenvalue weighted by Gasteiger charge is 2.26. The van der Waals surface area contributed by atoms with Gasteiger partial charge in [0.15, 0.2) is 18.9 Å². The molecule has 1 aromatic carbocycles. The van der Waals surface area contributed by atoms with E-state index in [1.807, 2.05) is 0 Å². The van der Waals surface area contributed by atoms with Gasteiger partial charge in [0.25, 0.3) is 0 Å². The lowest BCUT2D eigenvalue weighted by Gasteiger charge is -2.32. The van der Waals surface area contributed by atoms with Crippen molar-refractivity contribution in [2.24, 2.45) is 5.92 Å². The minimum atomic E-state index is 0.811. The third kappa shape index (κ3) is 2.45. The molecule has 1 heterocycles. The summed E-state index contributed by atoms with van der Waals surface area (Å²) in [6.45, 7) is 3.30. The topological polar surface area (TPSA) is 3.88 Å². The van der Waals surface area contributed by atoms with Crippen molar-refractivity contribution in [3.63, 3.8) is 0 Å². The SMILES string of the molecule is CC1CC(c2cc[n+](Cc3ccccc3)cc2)C1. The molecule has 18 heavy (non-hydrogen) atoms. The lowest BCUT2D eigenvalue weighted by Crippen LogP contribution is -2.33. The number of nitrogens with zero attached hydrogens (tertiary/aromatic N) is 1. The molecule has 0 spiro atoms. The van der Waals surface area contributed by atoms with Gasteiger partial charge in [-0.2, -0.15) is 0 Å². The molecule has 3 rings (SSSR count). The first-order chi connectivity index (χ1) is 8.81. The third-order valence-electron chi connectivity index (χ3n) is 3.97. The molecule has 1 nitrogen and oxygen atoms in total. The van der Waals surface area contributed by atoms with Crippen LogP contribution in [0.4, 0.5) is 0 Å². The zero-order chi connectivity index (χ0) is 12.4. The molecular formula is C17H20N+. The molecule has 0 aliphatic heterocycles. The van der Waals surface area contributed by atoms with E-state index in [0.717, 1.165) is 18.4 Å². The van der Waals surface area contributed by atoms with E-state index in [4.69, 9.17) is 0 Å². The molecule has 1 aliphatic carbocycles. The quantitative estimate of drug-likeness (QED) is 0.720. The Hall–Kier alpha value is -1.63. The van der Waals surface area contributed by atoms with Crippen LogP contribution in [-0.4, -0.2) is 0 Å². The van der Waals surface area contributed by atoms with Gasteiger partial charge in [0.1, 0.15) is 0 Å². The van der Waals surface area contributed by atoms with Crippen LogP contribution >= 0.6 is 0 Å². The van der Waals surface area contributed by atoms with Crippen LogP contribution < -0.4 is 4.57 Å². The third-order valence-corrected chi connectivity index (χ3v) is 3.97. The Bertz CT molecular complexity index is 495. The summed E-state index contributed by atoms with van der Waals surface area (Å²) in [6, 6.07) is 15.2. The molecule has 0 unspecified atom stereocenters. The van der Waals surface area contributed by atoms with E-state index in [-0.39, 0.29) is 0 Å². The Morgan fingerprint density at radius 1 is 1.00 bits per heavy atom. The van der Waals surface area contributed by atoms with Crippen LogP contribution in [0, 0.1) is 5.92 Å². The second kappa shape index (κ2) is 4.93. The molecule has 1 fully saturated rings. The highest BCUT2D eigenvalue weighted by molar-refractivity contribution is 5.17. The molecule has 1 aromatic heterocycles. The standard InChI is InChI=1S/C17H20N/c1-14-11-17(12-14)16-7-9-18(10-8-16)13-15-5-3-2-4-6-15/h2-10,14,17H,11-13H2,1H3/q+1. The molecule has 1 aliphatic rings. The summed E-state index contributed by atoms with van der Waals surface area (Å²) in [5, 5.41) is 0. The van der Waals surface area contributed by atoms with E-state index in [2.05, 4.69) is 66.3 Å². The fourth-order valence-corrected chi connectivity index (χ4v) is 2.82. The first-order valence-electron chi connectivity index (χ1n) is 6.84. The van der Waals surface area contributed by atoms with Crippen LogP contribution in [0.2, 0.25) is 0 Å². The van der Waals surface area contributed by atoms with Gasteiger partial charge in [0, 0.05) is 17.7 Å². The predicted molar refractivity (Wildman–Crippen MR) is 73.3 cm³/mol. The average molecular weight is 238 g/mol. The minimum Gasteiger partial charge on any atom is -0.201 e. The highest BCUT2D eigenvalue weighted by atomic mass is 14.9. The summed E-state index contributed by atoms with van der Waals surface area (Å²) in [6.07, 6.45) is 7.15. The van der Waals surface area contributed by atoms with Gasteiger partial charge in [-0.05, 0) is 30.2 Å². The number of hydrogen-bond acceptors (Lipinski definition) is 0. The monoisotopic (exact) mass is 238 g/mol. The van der Waals surface area contributed by atoms with E-state index < -0.39 is 0 Å². The summed E-state index contributed by atoms with van der Waals surface area (Å²) < 4.78 is 2.25. The van der Waals surface area contributed by atoms with E-state index >= 15 is 0 Å². The van der Waals surface area contributed by atoms with Crippen LogP contribution in [0.1, 0.15) is 36.8 Å². The largest absolute Gasteiger partial charge is 0.201 e. The molecule has 0 bridgehead atoms. The van der Waals surface area contributed by atoms with Crippen molar-refractivity contribution in [2.75, 3.05) is 0 Å². The average Bonchev–Trinajstić information content (AvgIpc) is 2.38. The van der Waals surface area contributed by atoms with Crippen LogP contribution in [-0.2, 0) is 6.54 Å².